The number of hydrogen-bond donors (Lipinski definition) is 0. The quantitative estimate of drug-likeness (QED) is 0.547. The van der Waals surface area contributed by atoms with Crippen LogP contribution < -0.4 is 0 Å². The molecule has 21 heavy (non-hydrogen) atoms. The van der Waals surface area contributed by atoms with Crippen LogP contribution in [0.15, 0.2) is 58.8 Å². The van der Waals surface area contributed by atoms with E-state index in [1.807, 2.05) is 34.9 Å². The standard InChI is InChI=1S/C14H8N4O2S/c15-8-10-7-11(18(19)20)4-5-13(10)21-14-16-9-12-3-1-2-6-17(12)14/h1-7,9H. The third-order valence-corrected chi connectivity index (χ3v) is 3.96. The largest absolute Gasteiger partial charge is 0.295 e. The number of nitro benzene ring substituents is 1. The van der Waals surface area contributed by atoms with Gasteiger partial charge in [0.2, 0.25) is 0 Å². The summed E-state index contributed by atoms with van der Waals surface area (Å²) in [5.41, 5.74) is 1.12. The Morgan fingerprint density at radius 1 is 1.33 bits per heavy atom. The van der Waals surface area contributed by atoms with Crippen molar-refractivity contribution in [2.75, 3.05) is 0 Å². The lowest BCUT2D eigenvalue weighted by molar-refractivity contribution is -0.384. The van der Waals surface area contributed by atoms with Gasteiger partial charge in [-0.3, -0.25) is 14.5 Å². The first-order valence-electron chi connectivity index (χ1n) is 5.97. The second-order valence-electron chi connectivity index (χ2n) is 4.19. The topological polar surface area (TPSA) is 84.2 Å². The molecular weight excluding hydrogens is 288 g/mol. The van der Waals surface area contributed by atoms with Crippen molar-refractivity contribution in [3.63, 3.8) is 0 Å². The number of fused-ring (bicyclic) bond motifs is 1. The normalized spacial score (nSPS) is 10.4. The van der Waals surface area contributed by atoms with Crippen LogP contribution in [0, 0.1) is 21.4 Å². The van der Waals surface area contributed by atoms with Gasteiger partial charge in [-0.1, -0.05) is 6.07 Å². The van der Waals surface area contributed by atoms with Crippen LogP contribution in [0.1, 0.15) is 5.56 Å². The number of non-ortho nitro benzene ring substituents is 1. The molecule has 102 valence electrons. The first-order chi connectivity index (χ1) is 10.2. The monoisotopic (exact) mass is 296 g/mol. The van der Waals surface area contributed by atoms with Crippen LogP contribution >= 0.6 is 11.8 Å². The molecule has 0 radical (unpaired) electrons. The van der Waals surface area contributed by atoms with Crippen molar-refractivity contribution in [1.29, 1.82) is 5.26 Å². The SMILES string of the molecule is N#Cc1cc([N+](=O)[O-])ccc1Sc1ncc2ccccn12. The first kappa shape index (κ1) is 13.1. The summed E-state index contributed by atoms with van der Waals surface area (Å²) >= 11 is 1.30. The smallest absolute Gasteiger partial charge is 0.270 e. The third-order valence-electron chi connectivity index (χ3n) is 2.90. The number of pyridine rings is 1. The number of aromatic nitrogens is 2. The van der Waals surface area contributed by atoms with Gasteiger partial charge < -0.3 is 0 Å². The van der Waals surface area contributed by atoms with E-state index in [0.717, 1.165) is 5.52 Å². The van der Waals surface area contributed by atoms with Crippen molar-refractivity contribution in [3.8, 4) is 6.07 Å². The van der Waals surface area contributed by atoms with Crippen LogP contribution in [0.25, 0.3) is 5.52 Å². The minimum atomic E-state index is -0.514. The molecule has 0 unspecified atom stereocenters. The van der Waals surface area contributed by atoms with Crippen LogP contribution in [0.4, 0.5) is 5.69 Å². The zero-order valence-electron chi connectivity index (χ0n) is 10.6. The van der Waals surface area contributed by atoms with Crippen molar-refractivity contribution in [2.24, 2.45) is 0 Å². The van der Waals surface area contributed by atoms with E-state index in [1.165, 1.54) is 23.9 Å². The molecule has 0 saturated heterocycles. The predicted molar refractivity (Wildman–Crippen MR) is 77.1 cm³/mol. The summed E-state index contributed by atoms with van der Waals surface area (Å²) in [5, 5.41) is 20.6. The van der Waals surface area contributed by atoms with Crippen LogP contribution in [0.3, 0.4) is 0 Å². The van der Waals surface area contributed by atoms with Gasteiger partial charge in [0.25, 0.3) is 5.69 Å². The molecule has 0 saturated carbocycles. The lowest BCUT2D eigenvalue weighted by Gasteiger charge is -2.03. The number of imidazole rings is 1. The van der Waals surface area contributed by atoms with Gasteiger partial charge in [0, 0.05) is 23.2 Å². The molecule has 0 atom stereocenters. The highest BCUT2D eigenvalue weighted by Crippen LogP contribution is 2.31. The summed E-state index contributed by atoms with van der Waals surface area (Å²) in [6.45, 7) is 0. The molecule has 0 aliphatic carbocycles. The van der Waals surface area contributed by atoms with Crippen molar-refractivity contribution in [3.05, 3.63) is 64.5 Å². The molecule has 0 amide bonds. The van der Waals surface area contributed by atoms with Crippen molar-refractivity contribution >= 4 is 23.0 Å². The molecular formula is C14H8N4O2S. The van der Waals surface area contributed by atoms with E-state index in [4.69, 9.17) is 5.26 Å². The Balaban J connectivity index is 2.02. The predicted octanol–water partition coefficient (Wildman–Crippen LogP) is 3.27. The molecule has 0 N–H and O–H groups in total. The maximum absolute atomic E-state index is 10.7. The van der Waals surface area contributed by atoms with Gasteiger partial charge in [-0.05, 0) is 30.0 Å². The van der Waals surface area contributed by atoms with E-state index in [0.29, 0.717) is 10.1 Å². The van der Waals surface area contributed by atoms with Crippen LogP contribution in [-0.2, 0) is 0 Å². The van der Waals surface area contributed by atoms with Crippen molar-refractivity contribution < 1.29 is 4.92 Å². The fourth-order valence-electron chi connectivity index (χ4n) is 1.90. The number of rotatable bonds is 3. The van der Waals surface area contributed by atoms with E-state index in [2.05, 4.69) is 4.98 Å². The lowest BCUT2D eigenvalue weighted by Crippen LogP contribution is -1.91. The number of benzene rings is 1. The van der Waals surface area contributed by atoms with E-state index in [1.54, 1.807) is 12.3 Å². The van der Waals surface area contributed by atoms with Gasteiger partial charge in [-0.25, -0.2) is 4.98 Å². The number of nitrogens with zero attached hydrogens (tertiary/aromatic N) is 4. The van der Waals surface area contributed by atoms with E-state index < -0.39 is 4.92 Å². The van der Waals surface area contributed by atoms with Gasteiger partial charge in [0.15, 0.2) is 5.16 Å². The summed E-state index contributed by atoms with van der Waals surface area (Å²) in [7, 11) is 0. The fourth-order valence-corrected chi connectivity index (χ4v) is 2.82. The number of nitro groups is 1. The Kier molecular flexibility index (Phi) is 3.30. The van der Waals surface area contributed by atoms with E-state index in [-0.39, 0.29) is 11.3 Å². The molecule has 7 heteroatoms. The summed E-state index contributed by atoms with van der Waals surface area (Å²) < 4.78 is 1.90. The number of nitriles is 1. The average Bonchev–Trinajstić information content (AvgIpc) is 2.91. The van der Waals surface area contributed by atoms with Gasteiger partial charge in [0.05, 0.1) is 22.2 Å². The highest BCUT2D eigenvalue weighted by molar-refractivity contribution is 7.99. The maximum atomic E-state index is 10.7. The average molecular weight is 296 g/mol. The molecule has 1 aromatic carbocycles. The zero-order chi connectivity index (χ0) is 14.8. The highest BCUT2D eigenvalue weighted by Gasteiger charge is 2.13. The second-order valence-corrected chi connectivity index (χ2v) is 5.20. The summed E-state index contributed by atoms with van der Waals surface area (Å²) in [6.07, 6.45) is 3.61. The summed E-state index contributed by atoms with van der Waals surface area (Å²) in [6, 6.07) is 12.0. The van der Waals surface area contributed by atoms with E-state index in [9.17, 15) is 10.1 Å². The molecule has 6 nitrogen and oxygen atoms in total. The molecule has 2 heterocycles. The Labute approximate surface area is 123 Å². The lowest BCUT2D eigenvalue weighted by atomic mass is 10.2. The van der Waals surface area contributed by atoms with Crippen LogP contribution in [0.5, 0.6) is 0 Å². The Hall–Kier alpha value is -2.85. The van der Waals surface area contributed by atoms with E-state index >= 15 is 0 Å². The molecule has 3 aromatic rings. The van der Waals surface area contributed by atoms with Gasteiger partial charge in [-0.15, -0.1) is 0 Å². The zero-order valence-corrected chi connectivity index (χ0v) is 11.4. The van der Waals surface area contributed by atoms with Crippen LogP contribution in [-0.4, -0.2) is 14.3 Å². The van der Waals surface area contributed by atoms with Gasteiger partial charge >= 0.3 is 0 Å². The first-order valence-corrected chi connectivity index (χ1v) is 6.79. The minimum Gasteiger partial charge on any atom is -0.295 e. The molecule has 2 aromatic heterocycles. The van der Waals surface area contributed by atoms with Crippen molar-refractivity contribution in [2.45, 2.75) is 10.1 Å². The van der Waals surface area contributed by atoms with Gasteiger partial charge in [0.1, 0.15) is 6.07 Å². The summed E-state index contributed by atoms with van der Waals surface area (Å²) in [5.74, 6) is 0. The number of hydrogen-bond acceptors (Lipinski definition) is 5. The highest BCUT2D eigenvalue weighted by atomic mass is 32.2. The fraction of sp³-hybridized carbons (Fsp3) is 0. The second kappa shape index (κ2) is 5.26. The molecule has 0 spiro atoms. The summed E-state index contributed by atoms with van der Waals surface area (Å²) in [4.78, 5) is 15.2. The Bertz CT molecular complexity index is 882. The molecule has 0 aliphatic heterocycles. The molecule has 0 fully saturated rings. The van der Waals surface area contributed by atoms with Crippen LogP contribution in [0.2, 0.25) is 0 Å². The third kappa shape index (κ3) is 2.44. The Morgan fingerprint density at radius 3 is 2.95 bits per heavy atom. The maximum Gasteiger partial charge on any atom is 0.270 e. The molecule has 0 aliphatic rings. The Morgan fingerprint density at radius 2 is 2.19 bits per heavy atom. The minimum absolute atomic E-state index is 0.0936. The van der Waals surface area contributed by atoms with Gasteiger partial charge in [-0.2, -0.15) is 5.26 Å². The molecule has 0 bridgehead atoms. The van der Waals surface area contributed by atoms with Crippen molar-refractivity contribution in [1.82, 2.24) is 9.38 Å². The molecule has 3 rings (SSSR count).